The molecule has 0 amide bonds. The Kier molecular flexibility index (Phi) is 7.08. The molecule has 1 atom stereocenters. The van der Waals surface area contributed by atoms with E-state index in [2.05, 4.69) is 47.3 Å². The van der Waals surface area contributed by atoms with Gasteiger partial charge in [0.2, 0.25) is 0 Å². The molecule has 164 valence electrons. The van der Waals surface area contributed by atoms with Gasteiger partial charge in [-0.1, -0.05) is 29.8 Å². The number of hydrogen-bond acceptors (Lipinski definition) is 3. The summed E-state index contributed by atoms with van der Waals surface area (Å²) in [5.41, 5.74) is 5.80. The standard InChI is InChI=1S/C27H34N2O2/c1-20-8-10-21(11-9-20)16-22-6-5-15-29(19-22)14-4-3-7-24-18-28-26-13-12-23(17-25(24)26)27(30)31-2/h8-13,17-18,22,28H,3-7,14-16,19H2,1-2H3. The first kappa shape index (κ1) is 21.6. The molecule has 0 saturated carbocycles. The average molecular weight is 419 g/mol. The molecule has 2 heterocycles. The number of carbonyl (C=O) groups excluding carboxylic acids is 1. The predicted octanol–water partition coefficient (Wildman–Crippen LogP) is 5.54. The van der Waals surface area contributed by atoms with Gasteiger partial charge in [-0.15, -0.1) is 0 Å². The number of aromatic amines is 1. The highest BCUT2D eigenvalue weighted by atomic mass is 16.5. The third-order valence-corrected chi connectivity index (χ3v) is 6.61. The van der Waals surface area contributed by atoms with Gasteiger partial charge < -0.3 is 14.6 Å². The van der Waals surface area contributed by atoms with Gasteiger partial charge in [0.15, 0.2) is 0 Å². The molecule has 4 rings (SSSR count). The van der Waals surface area contributed by atoms with Crippen LogP contribution >= 0.6 is 0 Å². The molecular weight excluding hydrogens is 384 g/mol. The van der Waals surface area contributed by atoms with Gasteiger partial charge in [-0.25, -0.2) is 4.79 Å². The molecule has 1 aromatic heterocycles. The topological polar surface area (TPSA) is 45.3 Å². The molecule has 1 unspecified atom stereocenters. The third-order valence-electron chi connectivity index (χ3n) is 6.61. The Bertz CT molecular complexity index is 1010. The average Bonchev–Trinajstić information content (AvgIpc) is 3.20. The molecule has 4 heteroatoms. The number of fused-ring (bicyclic) bond motifs is 1. The van der Waals surface area contributed by atoms with Crippen LogP contribution in [0.15, 0.2) is 48.7 Å². The Balaban J connectivity index is 1.26. The van der Waals surface area contributed by atoms with Crippen molar-refractivity contribution in [1.29, 1.82) is 0 Å². The first-order chi connectivity index (χ1) is 15.1. The summed E-state index contributed by atoms with van der Waals surface area (Å²) in [5.74, 6) is 0.501. The fraction of sp³-hybridized carbons (Fsp3) is 0.444. The largest absolute Gasteiger partial charge is 0.465 e. The highest BCUT2D eigenvalue weighted by Gasteiger charge is 2.20. The van der Waals surface area contributed by atoms with Gasteiger partial charge in [0.25, 0.3) is 0 Å². The number of benzene rings is 2. The summed E-state index contributed by atoms with van der Waals surface area (Å²) in [6.07, 6.45) is 9.36. The number of aromatic nitrogens is 1. The van der Waals surface area contributed by atoms with E-state index in [9.17, 15) is 4.79 Å². The second-order valence-corrected chi connectivity index (χ2v) is 9.02. The van der Waals surface area contributed by atoms with E-state index in [4.69, 9.17) is 4.74 Å². The second kappa shape index (κ2) is 10.1. The lowest BCUT2D eigenvalue weighted by molar-refractivity contribution is 0.0601. The Hall–Kier alpha value is -2.59. The van der Waals surface area contributed by atoms with Gasteiger partial charge in [0.05, 0.1) is 12.7 Å². The summed E-state index contributed by atoms with van der Waals surface area (Å²) >= 11 is 0. The molecule has 1 aliphatic rings. The Morgan fingerprint density at radius 1 is 1.16 bits per heavy atom. The van der Waals surface area contributed by atoms with Gasteiger partial charge in [-0.2, -0.15) is 0 Å². The number of nitrogens with zero attached hydrogens (tertiary/aromatic N) is 1. The summed E-state index contributed by atoms with van der Waals surface area (Å²) in [4.78, 5) is 17.8. The molecule has 0 spiro atoms. The molecule has 0 bridgehead atoms. The van der Waals surface area contributed by atoms with Crippen LogP contribution in [0, 0.1) is 12.8 Å². The summed E-state index contributed by atoms with van der Waals surface area (Å²) in [7, 11) is 1.43. The molecule has 1 saturated heterocycles. The predicted molar refractivity (Wildman–Crippen MR) is 127 cm³/mol. The number of likely N-dealkylation sites (tertiary alicyclic amines) is 1. The van der Waals surface area contributed by atoms with Gasteiger partial charge in [-0.3, -0.25) is 0 Å². The molecular formula is C27H34N2O2. The molecule has 4 nitrogen and oxygen atoms in total. The van der Waals surface area contributed by atoms with Crippen molar-refractivity contribution in [2.45, 2.75) is 45.4 Å². The normalized spacial score (nSPS) is 17.2. The van der Waals surface area contributed by atoms with Crippen molar-refractivity contribution in [3.05, 3.63) is 70.9 Å². The van der Waals surface area contributed by atoms with Crippen molar-refractivity contribution in [3.8, 4) is 0 Å². The van der Waals surface area contributed by atoms with Crippen molar-refractivity contribution in [3.63, 3.8) is 0 Å². The van der Waals surface area contributed by atoms with Crippen molar-refractivity contribution in [2.24, 2.45) is 5.92 Å². The lowest BCUT2D eigenvalue weighted by Crippen LogP contribution is -2.36. The summed E-state index contributed by atoms with van der Waals surface area (Å²) in [6.45, 7) is 5.80. The summed E-state index contributed by atoms with van der Waals surface area (Å²) in [6, 6.07) is 14.8. The zero-order valence-electron chi connectivity index (χ0n) is 18.8. The number of esters is 1. The van der Waals surface area contributed by atoms with Crippen LogP contribution in [-0.2, 0) is 17.6 Å². The van der Waals surface area contributed by atoms with E-state index in [1.807, 2.05) is 18.2 Å². The Morgan fingerprint density at radius 2 is 2.00 bits per heavy atom. The maximum atomic E-state index is 11.8. The summed E-state index contributed by atoms with van der Waals surface area (Å²) < 4.78 is 4.86. The molecule has 1 aliphatic heterocycles. The highest BCUT2D eigenvalue weighted by molar-refractivity contribution is 5.95. The zero-order valence-corrected chi connectivity index (χ0v) is 18.8. The molecule has 31 heavy (non-hydrogen) atoms. The minimum Gasteiger partial charge on any atom is -0.465 e. The number of ether oxygens (including phenoxy) is 1. The summed E-state index contributed by atoms with van der Waals surface area (Å²) in [5, 5.41) is 1.14. The Morgan fingerprint density at radius 3 is 2.81 bits per heavy atom. The van der Waals surface area contributed by atoms with E-state index >= 15 is 0 Å². The maximum absolute atomic E-state index is 11.8. The number of unbranched alkanes of at least 4 members (excludes halogenated alkanes) is 1. The lowest BCUT2D eigenvalue weighted by atomic mass is 9.91. The fourth-order valence-corrected chi connectivity index (χ4v) is 4.86. The van der Waals surface area contributed by atoms with Gasteiger partial charge >= 0.3 is 5.97 Å². The van der Waals surface area contributed by atoms with Gasteiger partial charge in [0.1, 0.15) is 0 Å². The van der Waals surface area contributed by atoms with Gasteiger partial charge in [-0.05, 0) is 93.8 Å². The van der Waals surface area contributed by atoms with E-state index in [0.29, 0.717) is 5.56 Å². The van der Waals surface area contributed by atoms with Crippen LogP contribution < -0.4 is 0 Å². The van der Waals surface area contributed by atoms with Crippen molar-refractivity contribution in [1.82, 2.24) is 9.88 Å². The molecule has 0 radical (unpaired) electrons. The van der Waals surface area contributed by atoms with Crippen molar-refractivity contribution < 1.29 is 9.53 Å². The zero-order chi connectivity index (χ0) is 21.6. The van der Waals surface area contributed by atoms with Crippen LogP contribution in [0.25, 0.3) is 10.9 Å². The van der Waals surface area contributed by atoms with Crippen LogP contribution in [0.5, 0.6) is 0 Å². The number of nitrogens with one attached hydrogen (secondary N) is 1. The molecule has 1 fully saturated rings. The number of hydrogen-bond donors (Lipinski definition) is 1. The molecule has 3 aromatic rings. The minimum atomic E-state index is -0.278. The van der Waals surface area contributed by atoms with E-state index in [-0.39, 0.29) is 5.97 Å². The van der Waals surface area contributed by atoms with E-state index in [0.717, 1.165) is 29.7 Å². The van der Waals surface area contributed by atoms with Crippen molar-refractivity contribution >= 4 is 16.9 Å². The minimum absolute atomic E-state index is 0.278. The number of H-pyrrole nitrogens is 1. The Labute approximate surface area is 185 Å². The number of piperidine rings is 1. The fourth-order valence-electron chi connectivity index (χ4n) is 4.86. The van der Waals surface area contributed by atoms with Crippen LogP contribution in [0.4, 0.5) is 0 Å². The number of aryl methyl sites for hydroxylation is 2. The highest BCUT2D eigenvalue weighted by Crippen LogP contribution is 2.24. The smallest absolute Gasteiger partial charge is 0.337 e. The van der Waals surface area contributed by atoms with E-state index in [1.165, 1.54) is 69.1 Å². The van der Waals surface area contributed by atoms with Crippen LogP contribution in [0.3, 0.4) is 0 Å². The van der Waals surface area contributed by atoms with Crippen LogP contribution in [-0.4, -0.2) is 42.6 Å². The lowest BCUT2D eigenvalue weighted by Gasteiger charge is -2.33. The number of carbonyl (C=O) groups is 1. The SMILES string of the molecule is COC(=O)c1ccc2[nH]cc(CCCCN3CCCC(Cc4ccc(C)cc4)C3)c2c1. The van der Waals surface area contributed by atoms with E-state index < -0.39 is 0 Å². The third kappa shape index (κ3) is 5.56. The monoisotopic (exact) mass is 418 g/mol. The van der Waals surface area contributed by atoms with E-state index in [1.54, 1.807) is 0 Å². The van der Waals surface area contributed by atoms with Crippen LogP contribution in [0.1, 0.15) is 52.7 Å². The van der Waals surface area contributed by atoms with Gasteiger partial charge in [0, 0.05) is 23.6 Å². The second-order valence-electron chi connectivity index (χ2n) is 9.02. The molecule has 1 N–H and O–H groups in total. The molecule has 0 aliphatic carbocycles. The van der Waals surface area contributed by atoms with Crippen LogP contribution in [0.2, 0.25) is 0 Å². The van der Waals surface area contributed by atoms with Crippen molar-refractivity contribution in [2.75, 3.05) is 26.7 Å². The first-order valence-electron chi connectivity index (χ1n) is 11.6. The first-order valence-corrected chi connectivity index (χ1v) is 11.6. The molecule has 2 aromatic carbocycles. The number of methoxy groups -OCH3 is 1. The number of rotatable bonds is 8. The quantitative estimate of drug-likeness (QED) is 0.386. The maximum Gasteiger partial charge on any atom is 0.337 e.